The maximum Gasteiger partial charge on any atom is 0.337 e. The van der Waals surface area contributed by atoms with Crippen LogP contribution in [0.5, 0.6) is 0 Å². The molecule has 1 aromatic rings. The second-order valence-corrected chi connectivity index (χ2v) is 5.51. The number of nitrogens with two attached hydrogens (primary N) is 1. The third-order valence-electron chi connectivity index (χ3n) is 4.05. The summed E-state index contributed by atoms with van der Waals surface area (Å²) >= 11 is 0. The number of esters is 1. The van der Waals surface area contributed by atoms with Crippen molar-refractivity contribution in [3.8, 4) is 0 Å². The first-order chi connectivity index (χ1) is 9.70. The molecule has 0 spiro atoms. The fourth-order valence-corrected chi connectivity index (χ4v) is 2.88. The number of methoxy groups -OCH3 is 1. The molecule has 20 heavy (non-hydrogen) atoms. The molecule has 2 rings (SSSR count). The zero-order chi connectivity index (χ0) is 14.4. The molecule has 0 radical (unpaired) electrons. The monoisotopic (exact) mass is 276 g/mol. The van der Waals surface area contributed by atoms with Gasteiger partial charge in [-0.2, -0.15) is 0 Å². The number of benzene rings is 1. The van der Waals surface area contributed by atoms with Crippen LogP contribution in [-0.4, -0.2) is 19.6 Å². The molecule has 0 aromatic heterocycles. The Kier molecular flexibility index (Phi) is 5.27. The lowest BCUT2D eigenvalue weighted by Crippen LogP contribution is -2.08. The van der Waals surface area contributed by atoms with Crippen molar-refractivity contribution in [2.24, 2.45) is 5.92 Å². The molecule has 3 N–H and O–H groups in total. The molecule has 1 saturated carbocycles. The van der Waals surface area contributed by atoms with Crippen LogP contribution in [0.4, 0.5) is 11.4 Å². The van der Waals surface area contributed by atoms with Crippen molar-refractivity contribution in [2.45, 2.75) is 38.5 Å². The van der Waals surface area contributed by atoms with Crippen molar-refractivity contribution >= 4 is 17.3 Å². The van der Waals surface area contributed by atoms with Gasteiger partial charge >= 0.3 is 5.97 Å². The summed E-state index contributed by atoms with van der Waals surface area (Å²) in [5, 5.41) is 3.34. The van der Waals surface area contributed by atoms with Crippen LogP contribution in [0.1, 0.15) is 48.9 Å². The van der Waals surface area contributed by atoms with E-state index in [2.05, 4.69) is 10.1 Å². The summed E-state index contributed by atoms with van der Waals surface area (Å²) in [4.78, 5) is 11.4. The highest BCUT2D eigenvalue weighted by Crippen LogP contribution is 2.28. The van der Waals surface area contributed by atoms with Crippen molar-refractivity contribution < 1.29 is 9.53 Å². The zero-order valence-electron chi connectivity index (χ0n) is 12.2. The van der Waals surface area contributed by atoms with Gasteiger partial charge in [0.2, 0.25) is 0 Å². The molecule has 0 unspecified atom stereocenters. The average molecular weight is 276 g/mol. The Morgan fingerprint density at radius 2 is 2.15 bits per heavy atom. The van der Waals surface area contributed by atoms with Crippen LogP contribution in [0.15, 0.2) is 18.2 Å². The van der Waals surface area contributed by atoms with Gasteiger partial charge in [0.1, 0.15) is 0 Å². The van der Waals surface area contributed by atoms with E-state index in [-0.39, 0.29) is 5.97 Å². The summed E-state index contributed by atoms with van der Waals surface area (Å²) in [5.74, 6) is 0.570. The second-order valence-electron chi connectivity index (χ2n) is 5.51. The first-order valence-electron chi connectivity index (χ1n) is 7.42. The molecule has 4 heteroatoms. The Balaban J connectivity index is 1.79. The van der Waals surface area contributed by atoms with Crippen LogP contribution < -0.4 is 11.1 Å². The Hall–Kier alpha value is -1.71. The third kappa shape index (κ3) is 3.89. The minimum Gasteiger partial charge on any atom is -0.465 e. The molecular formula is C16H24N2O2. The minimum absolute atomic E-state index is 0.357. The molecule has 1 fully saturated rings. The van der Waals surface area contributed by atoms with E-state index in [1.807, 2.05) is 6.07 Å². The lowest BCUT2D eigenvalue weighted by Gasteiger charge is -2.12. The van der Waals surface area contributed by atoms with Gasteiger partial charge in [0.05, 0.1) is 24.0 Å². The Morgan fingerprint density at radius 3 is 2.80 bits per heavy atom. The first kappa shape index (κ1) is 14.7. The molecule has 1 aromatic carbocycles. The number of carbonyl (C=O) groups excluding carboxylic acids is 1. The SMILES string of the molecule is COC(=O)c1ccc(NCCCC2CCCC2)c(N)c1. The normalized spacial score (nSPS) is 15.2. The van der Waals surface area contributed by atoms with Crippen molar-refractivity contribution in [3.05, 3.63) is 23.8 Å². The van der Waals surface area contributed by atoms with Gasteiger partial charge in [0.15, 0.2) is 0 Å². The van der Waals surface area contributed by atoms with Crippen molar-refractivity contribution in [1.29, 1.82) is 0 Å². The fourth-order valence-electron chi connectivity index (χ4n) is 2.88. The predicted molar refractivity (Wildman–Crippen MR) is 81.9 cm³/mol. The van der Waals surface area contributed by atoms with Gasteiger partial charge in [-0.05, 0) is 37.0 Å². The van der Waals surface area contributed by atoms with Gasteiger partial charge < -0.3 is 15.8 Å². The Labute approximate surface area is 120 Å². The summed E-state index contributed by atoms with van der Waals surface area (Å²) in [6.07, 6.45) is 8.07. The van der Waals surface area contributed by atoms with Crippen LogP contribution in [0.2, 0.25) is 0 Å². The van der Waals surface area contributed by atoms with Crippen LogP contribution in [-0.2, 0) is 4.74 Å². The van der Waals surface area contributed by atoms with Crippen LogP contribution in [0.25, 0.3) is 0 Å². The molecule has 1 aliphatic rings. The number of ether oxygens (including phenoxy) is 1. The Morgan fingerprint density at radius 1 is 1.40 bits per heavy atom. The third-order valence-corrected chi connectivity index (χ3v) is 4.05. The quantitative estimate of drug-likeness (QED) is 0.474. The summed E-state index contributed by atoms with van der Waals surface area (Å²) in [6.45, 7) is 0.929. The van der Waals surface area contributed by atoms with Gasteiger partial charge in [-0.3, -0.25) is 0 Å². The van der Waals surface area contributed by atoms with Gasteiger partial charge in [-0.25, -0.2) is 4.79 Å². The van der Waals surface area contributed by atoms with E-state index in [1.165, 1.54) is 45.6 Å². The van der Waals surface area contributed by atoms with Gasteiger partial charge in [0, 0.05) is 6.54 Å². The van der Waals surface area contributed by atoms with E-state index >= 15 is 0 Å². The van der Waals surface area contributed by atoms with Crippen LogP contribution in [0.3, 0.4) is 0 Å². The van der Waals surface area contributed by atoms with E-state index in [0.29, 0.717) is 11.3 Å². The smallest absolute Gasteiger partial charge is 0.337 e. The van der Waals surface area contributed by atoms with Crippen molar-refractivity contribution in [1.82, 2.24) is 0 Å². The molecule has 0 saturated heterocycles. The standard InChI is InChI=1S/C16H24N2O2/c1-20-16(19)13-8-9-15(14(17)11-13)18-10-4-7-12-5-2-3-6-12/h8-9,11-12,18H,2-7,10,17H2,1H3. The number of hydrogen-bond donors (Lipinski definition) is 2. The fraction of sp³-hybridized carbons (Fsp3) is 0.562. The second kappa shape index (κ2) is 7.17. The summed E-state index contributed by atoms with van der Waals surface area (Å²) < 4.78 is 4.67. The number of rotatable bonds is 6. The maximum absolute atomic E-state index is 11.4. The van der Waals surface area contributed by atoms with E-state index in [4.69, 9.17) is 5.73 Å². The molecule has 0 bridgehead atoms. The van der Waals surface area contributed by atoms with Crippen molar-refractivity contribution in [3.63, 3.8) is 0 Å². The maximum atomic E-state index is 11.4. The number of carbonyl (C=O) groups is 1. The molecule has 1 aliphatic carbocycles. The topological polar surface area (TPSA) is 64.3 Å². The van der Waals surface area contributed by atoms with Crippen LogP contribution in [0, 0.1) is 5.92 Å². The lowest BCUT2D eigenvalue weighted by atomic mass is 10.0. The predicted octanol–water partition coefficient (Wildman–Crippen LogP) is 3.44. The largest absolute Gasteiger partial charge is 0.465 e. The lowest BCUT2D eigenvalue weighted by molar-refractivity contribution is 0.0601. The number of anilines is 2. The molecule has 0 amide bonds. The average Bonchev–Trinajstić information content (AvgIpc) is 2.97. The number of hydrogen-bond acceptors (Lipinski definition) is 4. The van der Waals surface area contributed by atoms with E-state index in [0.717, 1.165) is 18.2 Å². The highest BCUT2D eigenvalue weighted by molar-refractivity contribution is 5.91. The van der Waals surface area contributed by atoms with Gasteiger partial charge in [-0.1, -0.05) is 25.7 Å². The Bertz CT molecular complexity index is 454. The molecular weight excluding hydrogens is 252 g/mol. The van der Waals surface area contributed by atoms with Crippen molar-refractivity contribution in [2.75, 3.05) is 24.7 Å². The van der Waals surface area contributed by atoms with Crippen LogP contribution >= 0.6 is 0 Å². The molecule has 4 nitrogen and oxygen atoms in total. The molecule has 110 valence electrons. The number of nitrogen functional groups attached to an aromatic ring is 1. The van der Waals surface area contributed by atoms with E-state index < -0.39 is 0 Å². The first-order valence-corrected chi connectivity index (χ1v) is 7.42. The summed E-state index contributed by atoms with van der Waals surface area (Å²) in [7, 11) is 1.37. The van der Waals surface area contributed by atoms with Gasteiger partial charge in [-0.15, -0.1) is 0 Å². The molecule has 0 aliphatic heterocycles. The summed E-state index contributed by atoms with van der Waals surface area (Å²) in [5.41, 5.74) is 7.92. The number of nitrogens with one attached hydrogen (secondary N) is 1. The zero-order valence-corrected chi connectivity index (χ0v) is 12.2. The molecule has 0 heterocycles. The summed E-state index contributed by atoms with van der Waals surface area (Å²) in [6, 6.07) is 5.24. The molecule has 0 atom stereocenters. The minimum atomic E-state index is -0.357. The highest BCUT2D eigenvalue weighted by Gasteiger charge is 2.14. The highest BCUT2D eigenvalue weighted by atomic mass is 16.5. The van der Waals surface area contributed by atoms with E-state index in [9.17, 15) is 4.79 Å². The van der Waals surface area contributed by atoms with E-state index in [1.54, 1.807) is 12.1 Å². The van der Waals surface area contributed by atoms with Gasteiger partial charge in [0.25, 0.3) is 0 Å².